The molecule has 1 unspecified atom stereocenters. The summed E-state index contributed by atoms with van der Waals surface area (Å²) in [7, 11) is 0. The molecular formula is C20H34Cl2O4. The first kappa shape index (κ1) is 27.3. The van der Waals surface area contributed by atoms with Crippen molar-refractivity contribution in [2.45, 2.75) is 91.4 Å². The van der Waals surface area contributed by atoms with Crippen molar-refractivity contribution in [3.63, 3.8) is 0 Å². The Balaban J connectivity index is 0. The van der Waals surface area contributed by atoms with Gasteiger partial charge in [0.05, 0.1) is 0 Å². The number of esters is 1. The van der Waals surface area contributed by atoms with Crippen LogP contribution in [0.2, 0.25) is 0 Å². The maximum Gasteiger partial charge on any atom is 0.321 e. The Hall–Kier alpha value is -0.870. The second kappa shape index (κ2) is 18.9. The van der Waals surface area contributed by atoms with E-state index in [1.165, 1.54) is 45.4 Å². The van der Waals surface area contributed by atoms with Crippen molar-refractivity contribution in [3.8, 4) is 0 Å². The molecule has 0 spiro atoms. The van der Waals surface area contributed by atoms with E-state index in [9.17, 15) is 14.4 Å². The highest BCUT2D eigenvalue weighted by Gasteiger charge is 2.34. The summed E-state index contributed by atoms with van der Waals surface area (Å²) in [5.74, 6) is 0.592. The third-order valence-corrected chi connectivity index (χ3v) is 3.92. The van der Waals surface area contributed by atoms with E-state index in [1.807, 2.05) is 0 Å². The lowest BCUT2D eigenvalue weighted by molar-refractivity contribution is -0.157. The fraction of sp³-hybridized carbons (Fsp3) is 0.750. The second-order valence-corrected chi connectivity index (χ2v) is 7.23. The molecule has 0 bridgehead atoms. The Morgan fingerprint density at radius 3 is 1.81 bits per heavy atom. The van der Waals surface area contributed by atoms with Gasteiger partial charge in [-0.1, -0.05) is 71.8 Å². The van der Waals surface area contributed by atoms with Gasteiger partial charge in [0, 0.05) is 13.3 Å². The molecule has 0 aromatic rings. The Kier molecular flexibility index (Phi) is 19.9. The lowest BCUT2D eigenvalue weighted by atomic mass is 9.96. The fourth-order valence-electron chi connectivity index (χ4n) is 2.27. The largest absolute Gasteiger partial charge is 0.430 e. The summed E-state index contributed by atoms with van der Waals surface area (Å²) in [6.45, 7) is 9.29. The first-order valence-electron chi connectivity index (χ1n) is 9.51. The van der Waals surface area contributed by atoms with Crippen LogP contribution in [0.25, 0.3) is 0 Å². The van der Waals surface area contributed by atoms with E-state index in [4.69, 9.17) is 11.6 Å². The molecule has 0 aromatic carbocycles. The number of rotatable bonds is 11. The number of carbonyl (C=O) groups is 3. The average molecular weight is 409 g/mol. The minimum absolute atomic E-state index is 0.0156. The van der Waals surface area contributed by atoms with Crippen LogP contribution in [0.3, 0.4) is 0 Å². The zero-order valence-electron chi connectivity index (χ0n) is 16.5. The normalized spacial score (nSPS) is 14.9. The predicted octanol–water partition coefficient (Wildman–Crippen LogP) is 6.53. The SMILES string of the molecule is C=C1OC(=O)C1CCCCCC.CC(=O)Cl.CCCCCCCC(=O)Cl. The minimum Gasteiger partial charge on any atom is -0.430 e. The van der Waals surface area contributed by atoms with E-state index < -0.39 is 0 Å². The van der Waals surface area contributed by atoms with Gasteiger partial charge in [0.1, 0.15) is 11.7 Å². The summed E-state index contributed by atoms with van der Waals surface area (Å²) in [6.07, 6.45) is 12.2. The molecule has 152 valence electrons. The zero-order chi connectivity index (χ0) is 20.4. The van der Waals surface area contributed by atoms with Gasteiger partial charge in [-0.15, -0.1) is 0 Å². The number of hydrogen-bond donors (Lipinski definition) is 0. The van der Waals surface area contributed by atoms with Gasteiger partial charge in [-0.05, 0) is 36.0 Å². The van der Waals surface area contributed by atoms with Crippen LogP contribution >= 0.6 is 23.2 Å². The fourth-order valence-corrected chi connectivity index (χ4v) is 2.40. The van der Waals surface area contributed by atoms with Crippen LogP contribution < -0.4 is 0 Å². The van der Waals surface area contributed by atoms with Crippen LogP contribution in [0.5, 0.6) is 0 Å². The molecule has 26 heavy (non-hydrogen) atoms. The van der Waals surface area contributed by atoms with Crippen molar-refractivity contribution in [2.24, 2.45) is 5.92 Å². The Labute approximate surface area is 168 Å². The Morgan fingerprint density at radius 1 is 0.962 bits per heavy atom. The summed E-state index contributed by atoms with van der Waals surface area (Å²) < 4.78 is 4.68. The summed E-state index contributed by atoms with van der Waals surface area (Å²) in [4.78, 5) is 30.3. The maximum atomic E-state index is 10.8. The zero-order valence-corrected chi connectivity index (χ0v) is 18.0. The van der Waals surface area contributed by atoms with Crippen LogP contribution in [0.1, 0.15) is 91.4 Å². The van der Waals surface area contributed by atoms with Gasteiger partial charge in [-0.3, -0.25) is 14.4 Å². The van der Waals surface area contributed by atoms with Gasteiger partial charge in [0.2, 0.25) is 10.5 Å². The highest BCUT2D eigenvalue weighted by Crippen LogP contribution is 2.29. The van der Waals surface area contributed by atoms with Crippen molar-refractivity contribution in [3.05, 3.63) is 12.3 Å². The van der Waals surface area contributed by atoms with Crippen molar-refractivity contribution < 1.29 is 19.1 Å². The third kappa shape index (κ3) is 19.5. The van der Waals surface area contributed by atoms with Crippen molar-refractivity contribution >= 4 is 39.7 Å². The Morgan fingerprint density at radius 2 is 1.42 bits per heavy atom. The molecule has 0 radical (unpaired) electrons. The number of cyclic esters (lactones) is 1. The van der Waals surface area contributed by atoms with Crippen LogP contribution in [-0.4, -0.2) is 16.5 Å². The smallest absolute Gasteiger partial charge is 0.321 e. The molecule has 1 rings (SSSR count). The molecule has 0 amide bonds. The van der Waals surface area contributed by atoms with Gasteiger partial charge in [0.15, 0.2) is 0 Å². The highest BCUT2D eigenvalue weighted by molar-refractivity contribution is 6.63. The number of unbranched alkanes of at least 4 members (excludes halogenated alkanes) is 7. The molecule has 0 N–H and O–H groups in total. The highest BCUT2D eigenvalue weighted by atomic mass is 35.5. The number of carbonyl (C=O) groups excluding carboxylic acids is 3. The van der Waals surface area contributed by atoms with Gasteiger partial charge in [-0.2, -0.15) is 0 Å². The van der Waals surface area contributed by atoms with Gasteiger partial charge < -0.3 is 4.74 Å². The van der Waals surface area contributed by atoms with Gasteiger partial charge in [0.25, 0.3) is 0 Å². The summed E-state index contributed by atoms with van der Waals surface area (Å²) in [5, 5.41) is -0.559. The van der Waals surface area contributed by atoms with Crippen LogP contribution in [0.15, 0.2) is 12.3 Å². The molecule has 0 aromatic heterocycles. The summed E-state index contributed by atoms with van der Waals surface area (Å²) in [6, 6.07) is 0. The van der Waals surface area contributed by atoms with Crippen molar-refractivity contribution in [1.82, 2.24) is 0 Å². The molecule has 4 nitrogen and oxygen atoms in total. The second-order valence-electron chi connectivity index (χ2n) is 6.28. The summed E-state index contributed by atoms with van der Waals surface area (Å²) >= 11 is 9.79. The lowest BCUT2D eigenvalue weighted by Gasteiger charge is -2.26. The Bertz CT molecular complexity index is 404. The minimum atomic E-state index is -0.361. The lowest BCUT2D eigenvalue weighted by Crippen LogP contribution is -2.31. The maximum absolute atomic E-state index is 10.8. The van der Waals surface area contributed by atoms with Crippen LogP contribution in [-0.2, 0) is 19.1 Å². The molecule has 6 heteroatoms. The van der Waals surface area contributed by atoms with Crippen molar-refractivity contribution in [1.29, 1.82) is 0 Å². The molecule has 0 saturated carbocycles. The van der Waals surface area contributed by atoms with Crippen molar-refractivity contribution in [2.75, 3.05) is 0 Å². The van der Waals surface area contributed by atoms with E-state index in [0.717, 1.165) is 25.7 Å². The molecule has 0 aliphatic carbocycles. The first-order chi connectivity index (χ1) is 12.3. The molecule has 1 heterocycles. The van der Waals surface area contributed by atoms with Gasteiger partial charge >= 0.3 is 5.97 Å². The van der Waals surface area contributed by atoms with E-state index in [-0.39, 0.29) is 22.4 Å². The standard InChI is InChI=1S/C10H16O2.C8H15ClO.C2H3ClO/c1-3-4-5-6-7-9-8(2)12-10(9)11;1-2-3-4-5-6-7-8(9)10;1-2(3)4/h9H,2-7H2,1H3;2-7H2,1H3;1H3. The molecule has 1 fully saturated rings. The monoisotopic (exact) mass is 408 g/mol. The summed E-state index contributed by atoms with van der Waals surface area (Å²) in [5.41, 5.74) is 0. The predicted molar refractivity (Wildman–Crippen MR) is 108 cm³/mol. The number of ether oxygens (including phenoxy) is 1. The quantitative estimate of drug-likeness (QED) is 0.221. The van der Waals surface area contributed by atoms with Crippen LogP contribution in [0, 0.1) is 5.92 Å². The third-order valence-electron chi connectivity index (χ3n) is 3.73. The van der Waals surface area contributed by atoms with Gasteiger partial charge in [-0.25, -0.2) is 0 Å². The van der Waals surface area contributed by atoms with E-state index in [0.29, 0.717) is 12.2 Å². The van der Waals surface area contributed by atoms with Crippen LogP contribution in [0.4, 0.5) is 0 Å². The van der Waals surface area contributed by atoms with E-state index >= 15 is 0 Å². The first-order valence-corrected chi connectivity index (χ1v) is 10.3. The topological polar surface area (TPSA) is 60.4 Å². The molecular weight excluding hydrogens is 375 g/mol. The number of halogens is 2. The molecule has 1 aliphatic rings. The van der Waals surface area contributed by atoms with E-state index in [1.54, 1.807) is 0 Å². The molecule has 1 atom stereocenters. The van der Waals surface area contributed by atoms with E-state index in [2.05, 4.69) is 36.8 Å². The molecule has 1 aliphatic heterocycles. The average Bonchev–Trinajstić information content (AvgIpc) is 2.54. The molecule has 1 saturated heterocycles. The number of hydrogen-bond acceptors (Lipinski definition) is 4.